The van der Waals surface area contributed by atoms with Crippen LogP contribution in [0.4, 0.5) is 28.4 Å². The highest BCUT2D eigenvalue weighted by Gasteiger charge is 2.45. The highest BCUT2D eigenvalue weighted by molar-refractivity contribution is 6.00. The van der Waals surface area contributed by atoms with E-state index in [9.17, 15) is 0 Å². The van der Waals surface area contributed by atoms with E-state index in [-0.39, 0.29) is 5.41 Å². The summed E-state index contributed by atoms with van der Waals surface area (Å²) in [6.45, 7) is 11.9. The van der Waals surface area contributed by atoms with Crippen LogP contribution in [0.3, 0.4) is 0 Å². The zero-order valence-electron chi connectivity index (χ0n) is 39.8. The van der Waals surface area contributed by atoms with Gasteiger partial charge in [-0.1, -0.05) is 206 Å². The number of rotatable bonds is 18. The van der Waals surface area contributed by atoms with E-state index in [2.05, 4.69) is 221 Å². The molecule has 9 rings (SSSR count). The normalized spacial score (nSPS) is 15.2. The van der Waals surface area contributed by atoms with Gasteiger partial charge in [-0.05, 0) is 124 Å². The van der Waals surface area contributed by atoms with Gasteiger partial charge in [0.05, 0.1) is 5.69 Å². The second-order valence-corrected chi connectivity index (χ2v) is 19.1. The topological polar surface area (TPSA) is 6.48 Å². The Morgan fingerprint density at radius 3 is 1.51 bits per heavy atom. The standard InChI is InChI=1S/C63H68N2/c1-7-11-19-46(9-3)43-63(44-47(10-4)20-12-8-2)59-41-45(5)29-39-57(59)58-40-38-54(42-60(58)63)65(62-28-18-24-51-22-14-16-26-56(51)62)53-36-32-49(33-37-53)48-30-34-52(35-31-48)64(6)61-27-17-23-50-21-13-15-25-55(50)61/h13-18,21-42,46-47H,7-12,19-20,43-44H2,1-6H3. The minimum absolute atomic E-state index is 0.0440. The molecular weight excluding hydrogens is 785 g/mol. The highest BCUT2D eigenvalue weighted by Crippen LogP contribution is 2.58. The number of fused-ring (bicyclic) bond motifs is 5. The number of hydrogen-bond acceptors (Lipinski definition) is 2. The lowest BCUT2D eigenvalue weighted by Crippen LogP contribution is -2.32. The smallest absolute Gasteiger partial charge is 0.0540 e. The predicted molar refractivity (Wildman–Crippen MR) is 283 cm³/mol. The average molecular weight is 853 g/mol. The fraction of sp³-hybridized carbons (Fsp3) is 0.302. The predicted octanol–water partition coefficient (Wildman–Crippen LogP) is 18.7. The molecule has 0 amide bonds. The molecule has 0 radical (unpaired) electrons. The number of hydrogen-bond donors (Lipinski definition) is 0. The first kappa shape index (κ1) is 44.1. The molecule has 0 spiro atoms. The van der Waals surface area contributed by atoms with Crippen LogP contribution in [0.1, 0.15) is 109 Å². The van der Waals surface area contributed by atoms with E-state index < -0.39 is 0 Å². The summed E-state index contributed by atoms with van der Waals surface area (Å²) in [5.41, 5.74) is 15.7. The van der Waals surface area contributed by atoms with Gasteiger partial charge in [-0.15, -0.1) is 0 Å². The summed E-state index contributed by atoms with van der Waals surface area (Å²) in [6.07, 6.45) is 12.6. The van der Waals surface area contributed by atoms with Crippen molar-refractivity contribution < 1.29 is 0 Å². The molecule has 1 aliphatic carbocycles. The van der Waals surface area contributed by atoms with E-state index in [1.165, 1.54) is 142 Å². The quantitative estimate of drug-likeness (QED) is 0.0848. The SMILES string of the molecule is CCCCC(CC)CC1(CC(CC)CCCC)c2cc(C)ccc2-c2ccc(N(c3ccc(-c4ccc(N(C)c5cccc6ccccc56)cc4)cc3)c3cccc4ccccc34)cc21. The minimum atomic E-state index is -0.0440. The van der Waals surface area contributed by atoms with Gasteiger partial charge in [-0.2, -0.15) is 0 Å². The lowest BCUT2D eigenvalue weighted by Gasteiger charge is -2.39. The van der Waals surface area contributed by atoms with Crippen LogP contribution in [0.25, 0.3) is 43.8 Å². The maximum absolute atomic E-state index is 2.63. The first-order valence-corrected chi connectivity index (χ1v) is 24.8. The Bertz CT molecular complexity index is 2840. The van der Waals surface area contributed by atoms with Crippen LogP contribution in [0.2, 0.25) is 0 Å². The maximum atomic E-state index is 2.63. The van der Waals surface area contributed by atoms with Crippen molar-refractivity contribution in [3.05, 3.63) is 187 Å². The molecule has 0 aliphatic heterocycles. The van der Waals surface area contributed by atoms with Gasteiger partial charge < -0.3 is 9.80 Å². The van der Waals surface area contributed by atoms with Gasteiger partial charge in [0.2, 0.25) is 0 Å². The van der Waals surface area contributed by atoms with Gasteiger partial charge >= 0.3 is 0 Å². The molecule has 1 aliphatic rings. The van der Waals surface area contributed by atoms with Crippen LogP contribution in [0, 0.1) is 18.8 Å². The van der Waals surface area contributed by atoms with Gasteiger partial charge in [-0.25, -0.2) is 0 Å². The molecule has 2 heteroatoms. The van der Waals surface area contributed by atoms with Gasteiger partial charge in [0.15, 0.2) is 0 Å². The van der Waals surface area contributed by atoms with Crippen LogP contribution in [0.15, 0.2) is 170 Å². The van der Waals surface area contributed by atoms with E-state index in [4.69, 9.17) is 0 Å². The molecule has 2 atom stereocenters. The lowest BCUT2D eigenvalue weighted by atomic mass is 9.65. The Labute approximate surface area is 390 Å². The molecule has 0 saturated carbocycles. The minimum Gasteiger partial charge on any atom is -0.344 e. The fourth-order valence-electron chi connectivity index (χ4n) is 11.3. The van der Waals surface area contributed by atoms with Crippen molar-refractivity contribution in [2.24, 2.45) is 11.8 Å². The second-order valence-electron chi connectivity index (χ2n) is 19.1. The van der Waals surface area contributed by atoms with E-state index in [1.807, 2.05) is 0 Å². The van der Waals surface area contributed by atoms with Crippen molar-refractivity contribution in [3.63, 3.8) is 0 Å². The molecule has 0 saturated heterocycles. The highest BCUT2D eigenvalue weighted by atomic mass is 15.1. The summed E-state index contributed by atoms with van der Waals surface area (Å²) in [5, 5.41) is 5.02. The number of unbranched alkanes of at least 4 members (excludes halogenated alkanes) is 2. The van der Waals surface area contributed by atoms with Gasteiger partial charge in [0, 0.05) is 46.0 Å². The summed E-state index contributed by atoms with van der Waals surface area (Å²) in [6, 6.07) is 64.0. The van der Waals surface area contributed by atoms with Gasteiger partial charge in [0.1, 0.15) is 0 Å². The molecule has 330 valence electrons. The van der Waals surface area contributed by atoms with Crippen molar-refractivity contribution >= 4 is 50.0 Å². The van der Waals surface area contributed by atoms with Crippen LogP contribution < -0.4 is 9.80 Å². The molecule has 0 fully saturated rings. The maximum Gasteiger partial charge on any atom is 0.0540 e. The summed E-state index contributed by atoms with van der Waals surface area (Å²) in [5.74, 6) is 1.35. The second kappa shape index (κ2) is 19.5. The third kappa shape index (κ3) is 8.73. The third-order valence-electron chi connectivity index (χ3n) is 15.0. The average Bonchev–Trinajstić information content (AvgIpc) is 3.61. The zero-order valence-corrected chi connectivity index (χ0v) is 39.8. The molecule has 2 nitrogen and oxygen atoms in total. The first-order valence-electron chi connectivity index (χ1n) is 24.8. The Morgan fingerprint density at radius 2 is 0.938 bits per heavy atom. The molecule has 8 aromatic rings. The summed E-state index contributed by atoms with van der Waals surface area (Å²) in [7, 11) is 2.17. The number of aryl methyl sites for hydroxylation is 1. The van der Waals surface area contributed by atoms with Crippen LogP contribution in [-0.2, 0) is 5.41 Å². The van der Waals surface area contributed by atoms with Crippen LogP contribution in [-0.4, -0.2) is 7.05 Å². The number of benzene rings is 8. The van der Waals surface area contributed by atoms with Crippen LogP contribution in [0.5, 0.6) is 0 Å². The first-order chi connectivity index (χ1) is 31.8. The zero-order chi connectivity index (χ0) is 44.9. The fourth-order valence-corrected chi connectivity index (χ4v) is 11.3. The molecule has 65 heavy (non-hydrogen) atoms. The Morgan fingerprint density at radius 1 is 0.462 bits per heavy atom. The van der Waals surface area contributed by atoms with E-state index in [1.54, 1.807) is 5.56 Å². The summed E-state index contributed by atoms with van der Waals surface area (Å²) < 4.78 is 0. The third-order valence-corrected chi connectivity index (χ3v) is 15.0. The summed E-state index contributed by atoms with van der Waals surface area (Å²) in [4.78, 5) is 4.83. The van der Waals surface area contributed by atoms with Crippen molar-refractivity contribution in [2.45, 2.75) is 104 Å². The molecule has 0 N–H and O–H groups in total. The monoisotopic (exact) mass is 853 g/mol. The van der Waals surface area contributed by atoms with Crippen molar-refractivity contribution in [1.29, 1.82) is 0 Å². The molecular formula is C63H68N2. The van der Waals surface area contributed by atoms with Crippen molar-refractivity contribution in [1.82, 2.24) is 0 Å². The Balaban J connectivity index is 1.14. The van der Waals surface area contributed by atoms with Gasteiger partial charge in [-0.3, -0.25) is 0 Å². The molecule has 0 bridgehead atoms. The van der Waals surface area contributed by atoms with Crippen LogP contribution >= 0.6 is 0 Å². The van der Waals surface area contributed by atoms with Gasteiger partial charge in [0.25, 0.3) is 0 Å². The van der Waals surface area contributed by atoms with E-state index >= 15 is 0 Å². The molecule has 2 unspecified atom stereocenters. The number of anilines is 5. The Kier molecular flexibility index (Phi) is 13.3. The molecule has 0 heterocycles. The molecule has 0 aromatic heterocycles. The number of nitrogens with zero attached hydrogens (tertiary/aromatic N) is 2. The largest absolute Gasteiger partial charge is 0.344 e. The van der Waals surface area contributed by atoms with Crippen molar-refractivity contribution in [2.75, 3.05) is 16.8 Å². The Hall–Kier alpha value is -6.12. The summed E-state index contributed by atoms with van der Waals surface area (Å²) >= 11 is 0. The van der Waals surface area contributed by atoms with Crippen molar-refractivity contribution in [3.8, 4) is 22.3 Å². The van der Waals surface area contributed by atoms with E-state index in [0.29, 0.717) is 11.8 Å². The lowest BCUT2D eigenvalue weighted by molar-refractivity contribution is 0.266. The van der Waals surface area contributed by atoms with E-state index in [0.717, 1.165) is 5.69 Å². The molecule has 8 aromatic carbocycles.